The fourth-order valence-corrected chi connectivity index (χ4v) is 2.69. The van der Waals surface area contributed by atoms with Crippen molar-refractivity contribution >= 4 is 27.5 Å². The molecule has 0 spiro atoms. The summed E-state index contributed by atoms with van der Waals surface area (Å²) in [5.41, 5.74) is 1.30. The van der Waals surface area contributed by atoms with Crippen LogP contribution in [-0.4, -0.2) is 37.7 Å². The molecule has 0 atom stereocenters. The Balaban J connectivity index is 1.79. The molecule has 0 amide bonds. The quantitative estimate of drug-likeness (QED) is 0.844. The lowest BCUT2D eigenvalue weighted by molar-refractivity contribution is 0.0374. The maximum absolute atomic E-state index is 6.00. The van der Waals surface area contributed by atoms with E-state index in [1.807, 2.05) is 18.2 Å². The summed E-state index contributed by atoms with van der Waals surface area (Å²) in [7, 11) is 0. The minimum Gasteiger partial charge on any atom is -0.379 e. The van der Waals surface area contributed by atoms with Gasteiger partial charge in [-0.25, -0.2) is 0 Å². The number of aryl methyl sites for hydroxylation is 1. The Kier molecular flexibility index (Phi) is 5.29. The van der Waals surface area contributed by atoms with Crippen molar-refractivity contribution in [2.45, 2.75) is 12.8 Å². The molecule has 17 heavy (non-hydrogen) atoms. The van der Waals surface area contributed by atoms with Gasteiger partial charge < -0.3 is 4.74 Å². The average Bonchev–Trinajstić information content (AvgIpc) is 2.35. The van der Waals surface area contributed by atoms with Crippen LogP contribution >= 0.6 is 27.5 Å². The number of morpholine rings is 1. The Labute approximate surface area is 116 Å². The van der Waals surface area contributed by atoms with E-state index in [0.29, 0.717) is 0 Å². The van der Waals surface area contributed by atoms with Gasteiger partial charge in [0.1, 0.15) is 0 Å². The summed E-state index contributed by atoms with van der Waals surface area (Å²) in [4.78, 5) is 2.46. The van der Waals surface area contributed by atoms with E-state index in [-0.39, 0.29) is 0 Å². The molecule has 1 aromatic carbocycles. The van der Waals surface area contributed by atoms with Crippen molar-refractivity contribution < 1.29 is 4.74 Å². The molecule has 1 aromatic rings. The zero-order chi connectivity index (χ0) is 12.1. The Morgan fingerprint density at radius 1 is 1.29 bits per heavy atom. The van der Waals surface area contributed by atoms with Gasteiger partial charge >= 0.3 is 0 Å². The van der Waals surface area contributed by atoms with E-state index in [1.54, 1.807) is 0 Å². The fourth-order valence-electron chi connectivity index (χ4n) is 2.05. The second-order valence-corrected chi connectivity index (χ2v) is 5.58. The molecular formula is C13H17BrClNO. The van der Waals surface area contributed by atoms with Crippen molar-refractivity contribution in [3.8, 4) is 0 Å². The molecule has 2 rings (SSSR count). The Hall–Kier alpha value is -0.0900. The highest BCUT2D eigenvalue weighted by Crippen LogP contribution is 2.22. The smallest absolute Gasteiger partial charge is 0.0594 e. The van der Waals surface area contributed by atoms with Crippen LogP contribution in [0.15, 0.2) is 22.7 Å². The molecule has 0 radical (unpaired) electrons. The van der Waals surface area contributed by atoms with Crippen molar-refractivity contribution in [3.05, 3.63) is 33.3 Å². The third kappa shape index (κ3) is 4.25. The van der Waals surface area contributed by atoms with Crippen molar-refractivity contribution in [1.29, 1.82) is 0 Å². The maximum Gasteiger partial charge on any atom is 0.0594 e. The Bertz CT molecular complexity index is 366. The number of halogens is 2. The summed E-state index contributed by atoms with van der Waals surface area (Å²) in [5, 5.41) is 0.814. The molecule has 0 saturated carbocycles. The van der Waals surface area contributed by atoms with E-state index in [4.69, 9.17) is 16.3 Å². The predicted octanol–water partition coefficient (Wildman–Crippen LogP) is 3.37. The first-order valence-corrected chi connectivity index (χ1v) is 7.17. The molecule has 0 bridgehead atoms. The monoisotopic (exact) mass is 317 g/mol. The molecule has 1 aliphatic heterocycles. The SMILES string of the molecule is Clc1ccc(Br)c(CCCN2CCOCC2)c1. The molecule has 0 aromatic heterocycles. The van der Waals surface area contributed by atoms with Gasteiger partial charge in [0, 0.05) is 22.6 Å². The van der Waals surface area contributed by atoms with E-state index < -0.39 is 0 Å². The molecule has 0 unspecified atom stereocenters. The van der Waals surface area contributed by atoms with E-state index in [1.165, 1.54) is 12.0 Å². The summed E-state index contributed by atoms with van der Waals surface area (Å²) in [5.74, 6) is 0. The van der Waals surface area contributed by atoms with E-state index in [0.717, 1.165) is 48.8 Å². The van der Waals surface area contributed by atoms with Gasteiger partial charge in [0.15, 0.2) is 0 Å². The Morgan fingerprint density at radius 2 is 2.06 bits per heavy atom. The van der Waals surface area contributed by atoms with Crippen molar-refractivity contribution in [1.82, 2.24) is 4.90 Å². The second kappa shape index (κ2) is 6.74. The summed E-state index contributed by atoms with van der Waals surface area (Å²) >= 11 is 9.56. The van der Waals surface area contributed by atoms with Crippen LogP contribution in [-0.2, 0) is 11.2 Å². The van der Waals surface area contributed by atoms with Crippen molar-refractivity contribution in [2.75, 3.05) is 32.8 Å². The lowest BCUT2D eigenvalue weighted by Gasteiger charge is -2.26. The molecule has 2 nitrogen and oxygen atoms in total. The zero-order valence-electron chi connectivity index (χ0n) is 9.79. The lowest BCUT2D eigenvalue weighted by Crippen LogP contribution is -2.36. The molecular weight excluding hydrogens is 302 g/mol. The van der Waals surface area contributed by atoms with Gasteiger partial charge in [-0.15, -0.1) is 0 Å². The highest BCUT2D eigenvalue weighted by Gasteiger charge is 2.09. The van der Waals surface area contributed by atoms with E-state index in [2.05, 4.69) is 20.8 Å². The molecule has 1 heterocycles. The Morgan fingerprint density at radius 3 is 2.82 bits per heavy atom. The molecule has 4 heteroatoms. The van der Waals surface area contributed by atoms with Gasteiger partial charge in [-0.3, -0.25) is 4.90 Å². The molecule has 0 aliphatic carbocycles. The first-order valence-electron chi connectivity index (χ1n) is 6.00. The van der Waals surface area contributed by atoms with Crippen LogP contribution in [0.1, 0.15) is 12.0 Å². The predicted molar refractivity (Wildman–Crippen MR) is 74.7 cm³/mol. The van der Waals surface area contributed by atoms with Gasteiger partial charge in [-0.2, -0.15) is 0 Å². The molecule has 94 valence electrons. The number of hydrogen-bond donors (Lipinski definition) is 0. The summed E-state index contributed by atoms with van der Waals surface area (Å²) in [6.07, 6.45) is 2.23. The van der Waals surface area contributed by atoms with E-state index in [9.17, 15) is 0 Å². The van der Waals surface area contributed by atoms with Crippen LogP contribution in [0, 0.1) is 0 Å². The normalized spacial score (nSPS) is 17.3. The summed E-state index contributed by atoms with van der Waals surface area (Å²) in [6, 6.07) is 5.98. The number of hydrogen-bond acceptors (Lipinski definition) is 2. The molecule has 1 aliphatic rings. The first-order chi connectivity index (χ1) is 8.25. The van der Waals surface area contributed by atoms with Crippen LogP contribution in [0.4, 0.5) is 0 Å². The van der Waals surface area contributed by atoms with Crippen LogP contribution in [0.3, 0.4) is 0 Å². The number of rotatable bonds is 4. The highest BCUT2D eigenvalue weighted by atomic mass is 79.9. The zero-order valence-corrected chi connectivity index (χ0v) is 12.1. The van der Waals surface area contributed by atoms with Gasteiger partial charge in [-0.1, -0.05) is 27.5 Å². The number of benzene rings is 1. The average molecular weight is 319 g/mol. The van der Waals surface area contributed by atoms with Crippen LogP contribution in [0.5, 0.6) is 0 Å². The number of ether oxygens (including phenoxy) is 1. The molecule has 1 fully saturated rings. The van der Waals surface area contributed by atoms with Crippen LogP contribution < -0.4 is 0 Å². The topological polar surface area (TPSA) is 12.5 Å². The van der Waals surface area contributed by atoms with Crippen LogP contribution in [0.2, 0.25) is 5.02 Å². The fraction of sp³-hybridized carbons (Fsp3) is 0.538. The van der Waals surface area contributed by atoms with Gasteiger partial charge in [-0.05, 0) is 43.1 Å². The summed E-state index contributed by atoms with van der Waals surface area (Å²) in [6.45, 7) is 5.03. The van der Waals surface area contributed by atoms with Crippen molar-refractivity contribution in [3.63, 3.8) is 0 Å². The summed E-state index contributed by atoms with van der Waals surface area (Å²) < 4.78 is 6.49. The third-order valence-corrected chi connectivity index (χ3v) is 4.04. The van der Waals surface area contributed by atoms with E-state index >= 15 is 0 Å². The molecule has 1 saturated heterocycles. The lowest BCUT2D eigenvalue weighted by atomic mass is 10.1. The van der Waals surface area contributed by atoms with Crippen LogP contribution in [0.25, 0.3) is 0 Å². The maximum atomic E-state index is 6.00. The second-order valence-electron chi connectivity index (χ2n) is 4.29. The highest BCUT2D eigenvalue weighted by molar-refractivity contribution is 9.10. The van der Waals surface area contributed by atoms with Gasteiger partial charge in [0.05, 0.1) is 13.2 Å². The third-order valence-electron chi connectivity index (χ3n) is 3.03. The number of nitrogens with zero attached hydrogens (tertiary/aromatic N) is 1. The minimum atomic E-state index is 0.814. The van der Waals surface area contributed by atoms with Gasteiger partial charge in [0.2, 0.25) is 0 Å². The standard InChI is InChI=1S/C13H17BrClNO/c14-13-4-3-12(15)10-11(13)2-1-5-16-6-8-17-9-7-16/h3-4,10H,1-2,5-9H2. The molecule has 0 N–H and O–H groups in total. The largest absolute Gasteiger partial charge is 0.379 e. The minimum absolute atomic E-state index is 0.814. The van der Waals surface area contributed by atoms with Gasteiger partial charge in [0.25, 0.3) is 0 Å². The van der Waals surface area contributed by atoms with Crippen molar-refractivity contribution in [2.24, 2.45) is 0 Å². The first kappa shape index (κ1) is 13.3.